The molecule has 0 aliphatic carbocycles. The van der Waals surface area contributed by atoms with Gasteiger partial charge in [-0.05, 0) is 70.2 Å². The third-order valence-electron chi connectivity index (χ3n) is 6.19. The van der Waals surface area contributed by atoms with Crippen molar-refractivity contribution in [2.24, 2.45) is 13.0 Å². The molecule has 0 spiro atoms. The molecule has 1 atom stereocenters. The molecule has 0 aromatic carbocycles. The largest absolute Gasteiger partial charge is 0.396 e. The van der Waals surface area contributed by atoms with Crippen molar-refractivity contribution in [3.63, 3.8) is 0 Å². The van der Waals surface area contributed by atoms with Gasteiger partial charge in [-0.15, -0.1) is 0 Å². The van der Waals surface area contributed by atoms with E-state index in [0.717, 1.165) is 56.6 Å². The molecule has 2 saturated heterocycles. The molecule has 26 heavy (non-hydrogen) atoms. The molecular formula is C20H31N3O3. The zero-order chi connectivity index (χ0) is 18.8. The second-order valence-corrected chi connectivity index (χ2v) is 7.92. The number of hydrogen-bond acceptors (Lipinski definition) is 4. The second-order valence-electron chi connectivity index (χ2n) is 7.92. The number of pyridine rings is 1. The number of hydrogen-bond donors (Lipinski definition) is 1. The molecule has 144 valence electrons. The Balaban J connectivity index is 1.73. The number of aliphatic hydroxyl groups is 1. The lowest BCUT2D eigenvalue weighted by molar-refractivity contribution is 0.0444. The van der Waals surface area contributed by atoms with E-state index in [1.165, 1.54) is 0 Å². The molecule has 3 rings (SSSR count). The molecule has 0 radical (unpaired) electrons. The van der Waals surface area contributed by atoms with Crippen molar-refractivity contribution in [1.29, 1.82) is 0 Å². The Kier molecular flexibility index (Phi) is 5.82. The highest BCUT2D eigenvalue weighted by Crippen LogP contribution is 2.24. The lowest BCUT2D eigenvalue weighted by Gasteiger charge is -2.42. The van der Waals surface area contributed by atoms with E-state index in [9.17, 15) is 14.7 Å². The third kappa shape index (κ3) is 3.71. The first-order valence-electron chi connectivity index (χ1n) is 9.73. The molecule has 2 aliphatic heterocycles. The fraction of sp³-hybridized carbons (Fsp3) is 0.700. The van der Waals surface area contributed by atoms with Gasteiger partial charge in [-0.25, -0.2) is 0 Å². The van der Waals surface area contributed by atoms with Gasteiger partial charge in [-0.2, -0.15) is 0 Å². The van der Waals surface area contributed by atoms with Crippen LogP contribution in [0.25, 0.3) is 0 Å². The Labute approximate surface area is 155 Å². The van der Waals surface area contributed by atoms with Crippen LogP contribution in [0.2, 0.25) is 0 Å². The van der Waals surface area contributed by atoms with E-state index in [1.807, 2.05) is 24.8 Å². The van der Waals surface area contributed by atoms with Crippen molar-refractivity contribution in [1.82, 2.24) is 14.4 Å². The molecular weight excluding hydrogens is 330 g/mol. The number of piperidine rings is 2. The number of carbonyl (C=O) groups is 1. The topological polar surface area (TPSA) is 65.8 Å². The molecule has 1 aromatic rings. The quantitative estimate of drug-likeness (QED) is 0.882. The van der Waals surface area contributed by atoms with Gasteiger partial charge in [0, 0.05) is 38.5 Å². The van der Waals surface area contributed by atoms with Crippen LogP contribution < -0.4 is 5.56 Å². The summed E-state index contributed by atoms with van der Waals surface area (Å²) in [5, 5.41) is 9.32. The molecule has 1 aromatic heterocycles. The number of amides is 1. The Morgan fingerprint density at radius 1 is 1.19 bits per heavy atom. The van der Waals surface area contributed by atoms with E-state index in [1.54, 1.807) is 11.6 Å². The molecule has 1 N–H and O–H groups in total. The van der Waals surface area contributed by atoms with Gasteiger partial charge in [0.15, 0.2) is 0 Å². The molecule has 2 aliphatic rings. The maximum Gasteiger partial charge on any atom is 0.263 e. The maximum atomic E-state index is 13.1. The molecule has 0 bridgehead atoms. The van der Waals surface area contributed by atoms with Crippen LogP contribution >= 0.6 is 0 Å². The van der Waals surface area contributed by atoms with Gasteiger partial charge in [-0.1, -0.05) is 0 Å². The minimum Gasteiger partial charge on any atom is -0.396 e. The van der Waals surface area contributed by atoms with E-state index in [-0.39, 0.29) is 18.1 Å². The highest BCUT2D eigenvalue weighted by atomic mass is 16.3. The van der Waals surface area contributed by atoms with Crippen LogP contribution in [-0.2, 0) is 7.05 Å². The Morgan fingerprint density at radius 2 is 1.88 bits per heavy atom. The van der Waals surface area contributed by atoms with Gasteiger partial charge in [0.05, 0.1) is 0 Å². The molecule has 1 unspecified atom stereocenters. The van der Waals surface area contributed by atoms with E-state index >= 15 is 0 Å². The number of carbonyl (C=O) groups excluding carboxylic acids is 1. The summed E-state index contributed by atoms with van der Waals surface area (Å²) in [6.45, 7) is 7.40. The SMILES string of the molecule is Cc1cc(C)n(C)c(=O)c1C(=O)N1CCCC(N2CCC(CO)CC2)C1. The summed E-state index contributed by atoms with van der Waals surface area (Å²) >= 11 is 0. The normalized spacial score (nSPS) is 22.6. The number of likely N-dealkylation sites (tertiary alicyclic amines) is 2. The lowest BCUT2D eigenvalue weighted by atomic mass is 9.94. The van der Waals surface area contributed by atoms with Gasteiger partial charge in [0.25, 0.3) is 11.5 Å². The molecule has 1 amide bonds. The second kappa shape index (κ2) is 7.92. The molecule has 0 saturated carbocycles. The van der Waals surface area contributed by atoms with Crippen molar-refractivity contribution < 1.29 is 9.90 Å². The third-order valence-corrected chi connectivity index (χ3v) is 6.19. The number of rotatable bonds is 3. The number of aliphatic hydroxyl groups excluding tert-OH is 1. The predicted octanol–water partition coefficient (Wildman–Crippen LogP) is 1.31. The van der Waals surface area contributed by atoms with Crippen molar-refractivity contribution in [2.75, 3.05) is 32.8 Å². The van der Waals surface area contributed by atoms with Crippen LogP contribution in [0.5, 0.6) is 0 Å². The molecule has 6 heteroatoms. The van der Waals surface area contributed by atoms with Crippen LogP contribution in [0.1, 0.15) is 47.3 Å². The minimum absolute atomic E-state index is 0.127. The van der Waals surface area contributed by atoms with E-state index in [0.29, 0.717) is 24.1 Å². The van der Waals surface area contributed by atoms with Crippen LogP contribution in [0.4, 0.5) is 0 Å². The van der Waals surface area contributed by atoms with Gasteiger partial charge >= 0.3 is 0 Å². The first-order chi connectivity index (χ1) is 12.4. The fourth-order valence-corrected chi connectivity index (χ4v) is 4.34. The summed E-state index contributed by atoms with van der Waals surface area (Å²) in [5.41, 5.74) is 1.75. The standard InChI is InChI=1S/C20H31N3O3/c1-14-11-15(2)21(3)19(25)18(14)20(26)23-8-4-5-17(12-23)22-9-6-16(13-24)7-10-22/h11,16-17,24H,4-10,12-13H2,1-3H3. The zero-order valence-electron chi connectivity index (χ0n) is 16.2. The highest BCUT2D eigenvalue weighted by Gasteiger charge is 2.32. The summed E-state index contributed by atoms with van der Waals surface area (Å²) in [6.07, 6.45) is 4.12. The summed E-state index contributed by atoms with van der Waals surface area (Å²) in [5.74, 6) is 0.295. The van der Waals surface area contributed by atoms with Crippen LogP contribution in [0, 0.1) is 19.8 Å². The highest BCUT2D eigenvalue weighted by molar-refractivity contribution is 5.95. The van der Waals surface area contributed by atoms with Crippen molar-refractivity contribution >= 4 is 5.91 Å². The monoisotopic (exact) mass is 361 g/mol. The average molecular weight is 361 g/mol. The van der Waals surface area contributed by atoms with Crippen LogP contribution in [0.3, 0.4) is 0 Å². The molecule has 3 heterocycles. The van der Waals surface area contributed by atoms with Crippen molar-refractivity contribution in [3.05, 3.63) is 33.2 Å². The van der Waals surface area contributed by atoms with E-state index in [2.05, 4.69) is 4.90 Å². The fourth-order valence-electron chi connectivity index (χ4n) is 4.34. The van der Waals surface area contributed by atoms with Crippen LogP contribution in [-0.4, -0.2) is 64.2 Å². The van der Waals surface area contributed by atoms with Crippen molar-refractivity contribution in [3.8, 4) is 0 Å². The molecule has 2 fully saturated rings. The smallest absolute Gasteiger partial charge is 0.263 e. The summed E-state index contributed by atoms with van der Waals surface area (Å²) < 4.78 is 1.56. The van der Waals surface area contributed by atoms with Gasteiger partial charge < -0.3 is 14.6 Å². The number of aryl methyl sites for hydroxylation is 2. The minimum atomic E-state index is -0.196. The van der Waals surface area contributed by atoms with Gasteiger partial charge in [0.1, 0.15) is 5.56 Å². The lowest BCUT2D eigenvalue weighted by Crippen LogP contribution is -2.52. The van der Waals surface area contributed by atoms with E-state index < -0.39 is 0 Å². The summed E-state index contributed by atoms with van der Waals surface area (Å²) in [6, 6.07) is 2.28. The van der Waals surface area contributed by atoms with Gasteiger partial charge in [0.2, 0.25) is 0 Å². The van der Waals surface area contributed by atoms with Crippen molar-refractivity contribution in [2.45, 2.75) is 45.6 Å². The number of aromatic nitrogens is 1. The Morgan fingerprint density at radius 3 is 2.54 bits per heavy atom. The Bertz CT molecular complexity index is 720. The summed E-state index contributed by atoms with van der Waals surface area (Å²) in [7, 11) is 1.72. The zero-order valence-corrected chi connectivity index (χ0v) is 16.2. The average Bonchev–Trinajstić information content (AvgIpc) is 2.66. The summed E-state index contributed by atoms with van der Waals surface area (Å²) in [4.78, 5) is 30.1. The van der Waals surface area contributed by atoms with Crippen LogP contribution in [0.15, 0.2) is 10.9 Å². The first kappa shape index (κ1) is 19.1. The molecule has 6 nitrogen and oxygen atoms in total. The van der Waals surface area contributed by atoms with Gasteiger partial charge in [-0.3, -0.25) is 14.5 Å². The maximum absolute atomic E-state index is 13.1. The van der Waals surface area contributed by atoms with E-state index in [4.69, 9.17) is 0 Å². The Hall–Kier alpha value is -1.66. The first-order valence-corrected chi connectivity index (χ1v) is 9.73. The number of nitrogens with zero attached hydrogens (tertiary/aromatic N) is 3. The predicted molar refractivity (Wildman–Crippen MR) is 101 cm³/mol.